The number of non-ortho nitro benzene ring substituents is 1. The molecule has 0 aromatic heterocycles. The first-order chi connectivity index (χ1) is 13.9. The van der Waals surface area contributed by atoms with Crippen molar-refractivity contribution in [2.45, 2.75) is 6.10 Å². The second kappa shape index (κ2) is 8.94. The average Bonchev–Trinajstić information content (AvgIpc) is 2.75. The zero-order valence-electron chi connectivity index (χ0n) is 15.4. The van der Waals surface area contributed by atoms with E-state index in [1.54, 1.807) is 6.07 Å². The minimum absolute atomic E-state index is 0.0101. The molecule has 0 aliphatic rings. The number of nitro benzene ring substituents is 1. The molecule has 0 saturated carbocycles. The molecular weight excluding hydrogens is 374 g/mol. The molecular formula is C21H19N3O5. The van der Waals surface area contributed by atoms with Crippen molar-refractivity contribution in [2.75, 3.05) is 13.1 Å². The number of aliphatic hydroxyl groups is 1. The molecule has 0 aliphatic heterocycles. The van der Waals surface area contributed by atoms with Crippen molar-refractivity contribution >= 4 is 28.3 Å². The predicted molar refractivity (Wildman–Crippen MR) is 107 cm³/mol. The molecule has 1 atom stereocenters. The van der Waals surface area contributed by atoms with Crippen LogP contribution < -0.4 is 10.6 Å². The number of nitrogens with one attached hydrogen (secondary N) is 2. The number of amides is 2. The van der Waals surface area contributed by atoms with Crippen LogP contribution in [0.1, 0.15) is 22.0 Å². The van der Waals surface area contributed by atoms with E-state index in [1.807, 2.05) is 36.4 Å². The number of nitro groups is 1. The van der Waals surface area contributed by atoms with E-state index in [4.69, 9.17) is 0 Å². The third-order valence-electron chi connectivity index (χ3n) is 4.38. The molecule has 29 heavy (non-hydrogen) atoms. The topological polar surface area (TPSA) is 122 Å². The van der Waals surface area contributed by atoms with Crippen LogP contribution in [0.3, 0.4) is 0 Å². The van der Waals surface area contributed by atoms with Gasteiger partial charge in [0.1, 0.15) is 0 Å². The van der Waals surface area contributed by atoms with E-state index in [0.717, 1.165) is 16.8 Å². The molecule has 3 N–H and O–H groups in total. The van der Waals surface area contributed by atoms with Gasteiger partial charge in [-0.15, -0.1) is 0 Å². The third kappa shape index (κ3) is 5.14. The van der Waals surface area contributed by atoms with E-state index >= 15 is 0 Å². The van der Waals surface area contributed by atoms with Gasteiger partial charge in [-0.1, -0.05) is 42.5 Å². The Morgan fingerprint density at radius 2 is 1.72 bits per heavy atom. The summed E-state index contributed by atoms with van der Waals surface area (Å²) in [6.07, 6.45) is -0.893. The molecule has 3 aromatic carbocycles. The highest BCUT2D eigenvalue weighted by molar-refractivity contribution is 5.97. The highest BCUT2D eigenvalue weighted by Gasteiger charge is 2.14. The second-order valence-corrected chi connectivity index (χ2v) is 6.42. The summed E-state index contributed by atoms with van der Waals surface area (Å²) < 4.78 is 0. The van der Waals surface area contributed by atoms with Crippen LogP contribution in [0.5, 0.6) is 0 Å². The Morgan fingerprint density at radius 3 is 2.48 bits per heavy atom. The van der Waals surface area contributed by atoms with E-state index in [1.165, 1.54) is 18.2 Å². The van der Waals surface area contributed by atoms with Crippen LogP contribution >= 0.6 is 0 Å². The van der Waals surface area contributed by atoms with Crippen LogP contribution in [-0.4, -0.2) is 34.9 Å². The maximum Gasteiger partial charge on any atom is 0.270 e. The highest BCUT2D eigenvalue weighted by atomic mass is 16.6. The van der Waals surface area contributed by atoms with Crippen molar-refractivity contribution in [3.05, 3.63) is 88.0 Å². The van der Waals surface area contributed by atoms with Crippen molar-refractivity contribution in [3.63, 3.8) is 0 Å². The van der Waals surface area contributed by atoms with Gasteiger partial charge in [0.2, 0.25) is 5.91 Å². The van der Waals surface area contributed by atoms with Crippen LogP contribution in [0, 0.1) is 10.1 Å². The summed E-state index contributed by atoms with van der Waals surface area (Å²) >= 11 is 0. The number of aliphatic hydroxyl groups excluding tert-OH is 1. The number of fused-ring (bicyclic) bond motifs is 1. The fourth-order valence-electron chi connectivity index (χ4n) is 2.83. The largest absolute Gasteiger partial charge is 0.387 e. The fourth-order valence-corrected chi connectivity index (χ4v) is 2.83. The lowest BCUT2D eigenvalue weighted by Gasteiger charge is -2.13. The third-order valence-corrected chi connectivity index (χ3v) is 4.38. The first-order valence-electron chi connectivity index (χ1n) is 8.90. The molecule has 0 radical (unpaired) electrons. The lowest BCUT2D eigenvalue weighted by Crippen LogP contribution is -2.38. The molecule has 0 fully saturated rings. The number of hydrogen-bond donors (Lipinski definition) is 3. The maximum atomic E-state index is 12.0. The van der Waals surface area contributed by atoms with Gasteiger partial charge in [-0.3, -0.25) is 19.7 Å². The minimum atomic E-state index is -0.893. The van der Waals surface area contributed by atoms with E-state index in [-0.39, 0.29) is 24.3 Å². The van der Waals surface area contributed by atoms with Gasteiger partial charge < -0.3 is 15.7 Å². The molecule has 0 aliphatic carbocycles. The summed E-state index contributed by atoms with van der Waals surface area (Å²) in [7, 11) is 0. The Balaban J connectivity index is 1.50. The quantitative estimate of drug-likeness (QED) is 0.420. The van der Waals surface area contributed by atoms with Gasteiger partial charge in [-0.05, 0) is 28.5 Å². The van der Waals surface area contributed by atoms with Gasteiger partial charge >= 0.3 is 0 Å². The van der Waals surface area contributed by atoms with Crippen LogP contribution in [0.25, 0.3) is 10.8 Å². The molecule has 2 amide bonds. The van der Waals surface area contributed by atoms with Crippen molar-refractivity contribution in [1.29, 1.82) is 0 Å². The van der Waals surface area contributed by atoms with Gasteiger partial charge in [0.15, 0.2) is 0 Å². The Labute approximate surface area is 166 Å². The number of carbonyl (C=O) groups excluding carboxylic acids is 2. The summed E-state index contributed by atoms with van der Waals surface area (Å²) in [5.41, 5.74) is 0.549. The molecule has 3 aromatic rings. The first kappa shape index (κ1) is 20.0. The molecule has 3 rings (SSSR count). The van der Waals surface area contributed by atoms with Crippen molar-refractivity contribution in [1.82, 2.24) is 10.6 Å². The lowest BCUT2D eigenvalue weighted by atomic mass is 10.0. The van der Waals surface area contributed by atoms with E-state index < -0.39 is 22.8 Å². The van der Waals surface area contributed by atoms with Gasteiger partial charge in [-0.2, -0.15) is 0 Å². The average molecular weight is 393 g/mol. The van der Waals surface area contributed by atoms with Crippen LogP contribution in [0.4, 0.5) is 5.69 Å². The smallest absolute Gasteiger partial charge is 0.270 e. The fraction of sp³-hybridized carbons (Fsp3) is 0.143. The summed E-state index contributed by atoms with van der Waals surface area (Å²) in [5, 5.41) is 28.1. The Hall–Kier alpha value is -3.78. The number of carbonyl (C=O) groups is 2. The standard InChI is InChI=1S/C21H19N3O5/c25-19(16-9-8-14-4-1-2-5-15(14)10-16)12-22-20(26)13-23-21(27)17-6-3-7-18(11-17)24(28)29/h1-11,19,25H,12-13H2,(H,22,26)(H,23,27). The summed E-state index contributed by atoms with van der Waals surface area (Å²) in [4.78, 5) is 34.2. The number of benzene rings is 3. The number of rotatable bonds is 7. The van der Waals surface area contributed by atoms with Gasteiger partial charge in [-0.25, -0.2) is 0 Å². The Kier molecular flexibility index (Phi) is 6.16. The van der Waals surface area contributed by atoms with E-state index in [2.05, 4.69) is 10.6 Å². The molecule has 0 bridgehead atoms. The van der Waals surface area contributed by atoms with Crippen molar-refractivity contribution in [2.24, 2.45) is 0 Å². The van der Waals surface area contributed by atoms with Crippen LogP contribution in [0.2, 0.25) is 0 Å². The van der Waals surface area contributed by atoms with E-state index in [0.29, 0.717) is 5.56 Å². The molecule has 148 valence electrons. The summed E-state index contributed by atoms with van der Waals surface area (Å²) in [6, 6.07) is 18.5. The van der Waals surface area contributed by atoms with Gasteiger partial charge in [0, 0.05) is 24.2 Å². The summed E-state index contributed by atoms with van der Waals surface area (Å²) in [6.45, 7) is -0.324. The molecule has 8 heteroatoms. The van der Waals surface area contributed by atoms with Crippen LogP contribution in [0.15, 0.2) is 66.7 Å². The Morgan fingerprint density at radius 1 is 0.966 bits per heavy atom. The molecule has 1 unspecified atom stereocenters. The molecule has 0 spiro atoms. The Bertz CT molecular complexity index is 1070. The van der Waals surface area contributed by atoms with Crippen molar-refractivity contribution < 1.29 is 19.6 Å². The minimum Gasteiger partial charge on any atom is -0.387 e. The maximum absolute atomic E-state index is 12.0. The molecule has 8 nitrogen and oxygen atoms in total. The SMILES string of the molecule is O=C(CNC(=O)c1cccc([N+](=O)[O-])c1)NCC(O)c1ccc2ccccc2c1. The van der Waals surface area contributed by atoms with Crippen molar-refractivity contribution in [3.8, 4) is 0 Å². The normalized spacial score (nSPS) is 11.6. The number of hydrogen-bond acceptors (Lipinski definition) is 5. The van der Waals surface area contributed by atoms with Gasteiger partial charge in [0.25, 0.3) is 11.6 Å². The highest BCUT2D eigenvalue weighted by Crippen LogP contribution is 2.20. The number of nitrogens with zero attached hydrogens (tertiary/aromatic N) is 1. The van der Waals surface area contributed by atoms with Gasteiger partial charge in [0.05, 0.1) is 17.6 Å². The summed E-state index contributed by atoms with van der Waals surface area (Å²) in [5.74, 6) is -1.08. The molecule has 0 saturated heterocycles. The molecule has 0 heterocycles. The van der Waals surface area contributed by atoms with E-state index in [9.17, 15) is 24.8 Å². The monoisotopic (exact) mass is 393 g/mol. The second-order valence-electron chi connectivity index (χ2n) is 6.42. The zero-order chi connectivity index (χ0) is 20.8. The van der Waals surface area contributed by atoms with Crippen LogP contribution in [-0.2, 0) is 4.79 Å². The lowest BCUT2D eigenvalue weighted by molar-refractivity contribution is -0.384. The predicted octanol–water partition coefficient (Wildman–Crippen LogP) is 2.33. The zero-order valence-corrected chi connectivity index (χ0v) is 15.4. The first-order valence-corrected chi connectivity index (χ1v) is 8.90.